The van der Waals surface area contributed by atoms with Crippen molar-refractivity contribution in [2.45, 2.75) is 47.3 Å². The van der Waals surface area contributed by atoms with E-state index in [9.17, 15) is 26.7 Å². The lowest BCUT2D eigenvalue weighted by molar-refractivity contribution is -0.142. The summed E-state index contributed by atoms with van der Waals surface area (Å²) in [6.07, 6.45) is 3.02. The van der Waals surface area contributed by atoms with E-state index < -0.39 is 31.7 Å². The van der Waals surface area contributed by atoms with E-state index in [4.69, 9.17) is 0 Å². The molecule has 4 rings (SSSR count). The van der Waals surface area contributed by atoms with E-state index in [0.29, 0.717) is 32.4 Å². The van der Waals surface area contributed by atoms with Crippen molar-refractivity contribution in [1.29, 1.82) is 0 Å². The maximum absolute atomic E-state index is 13.2. The van der Waals surface area contributed by atoms with Gasteiger partial charge < -0.3 is 5.11 Å². The molecule has 1 aliphatic heterocycles. The van der Waals surface area contributed by atoms with Crippen LogP contribution in [0.5, 0.6) is 0 Å². The van der Waals surface area contributed by atoms with Gasteiger partial charge in [0.05, 0.1) is 15.7 Å². The number of rotatable bonds is 5. The predicted octanol–water partition coefficient (Wildman–Crippen LogP) is 3.02. The van der Waals surface area contributed by atoms with Gasteiger partial charge in [-0.2, -0.15) is 4.31 Å². The minimum absolute atomic E-state index is 0.0741. The predicted molar refractivity (Wildman–Crippen MR) is 120 cm³/mol. The molecular weight excluding hydrogens is 450 g/mol. The summed E-state index contributed by atoms with van der Waals surface area (Å²) in [6, 6.07) is 13.3. The largest absolute Gasteiger partial charge is 0.481 e. The third kappa shape index (κ3) is 3.86. The van der Waals surface area contributed by atoms with Crippen LogP contribution in [0, 0.1) is 5.92 Å². The number of aliphatic carboxylic acids is 1. The molecule has 1 heterocycles. The van der Waals surface area contributed by atoms with Gasteiger partial charge in [0, 0.05) is 19.3 Å². The molecule has 0 saturated carbocycles. The average Bonchev–Trinajstić information content (AvgIpc) is 3.07. The van der Waals surface area contributed by atoms with Gasteiger partial charge in [0.2, 0.25) is 10.0 Å². The lowest BCUT2D eigenvalue weighted by Crippen LogP contribution is -2.44. The number of benzene rings is 2. The summed E-state index contributed by atoms with van der Waals surface area (Å²) in [5.74, 6) is -1.42. The molecule has 172 valence electrons. The van der Waals surface area contributed by atoms with Gasteiger partial charge in [-0.15, -0.1) is 0 Å². The lowest BCUT2D eigenvalue weighted by atomic mass is 9.73. The van der Waals surface area contributed by atoms with Crippen molar-refractivity contribution in [3.8, 4) is 0 Å². The molecule has 0 radical (unpaired) electrons. The average molecular weight is 478 g/mol. The van der Waals surface area contributed by atoms with Crippen molar-refractivity contribution in [3.05, 3.63) is 59.7 Å². The highest BCUT2D eigenvalue weighted by Gasteiger charge is 2.48. The molecule has 32 heavy (non-hydrogen) atoms. The minimum Gasteiger partial charge on any atom is -0.481 e. The van der Waals surface area contributed by atoms with E-state index in [1.54, 1.807) is 6.92 Å². The molecular formula is C23H27NO6S2. The topological polar surface area (TPSA) is 109 Å². The Morgan fingerprint density at radius 2 is 1.56 bits per heavy atom. The Kier molecular flexibility index (Phi) is 5.71. The van der Waals surface area contributed by atoms with Crippen molar-refractivity contribution in [2.24, 2.45) is 5.92 Å². The van der Waals surface area contributed by atoms with Gasteiger partial charge in [-0.25, -0.2) is 16.8 Å². The first-order valence-corrected chi connectivity index (χ1v) is 13.9. The zero-order valence-electron chi connectivity index (χ0n) is 18.1. The third-order valence-corrected chi connectivity index (χ3v) is 10.1. The van der Waals surface area contributed by atoms with Crippen molar-refractivity contribution in [2.75, 3.05) is 19.3 Å². The molecule has 2 aromatic rings. The van der Waals surface area contributed by atoms with Crippen LogP contribution < -0.4 is 0 Å². The first-order chi connectivity index (χ1) is 15.0. The highest BCUT2D eigenvalue weighted by Crippen LogP contribution is 2.54. The van der Waals surface area contributed by atoms with E-state index in [-0.39, 0.29) is 21.1 Å². The summed E-state index contributed by atoms with van der Waals surface area (Å²) in [7, 11) is -7.15. The number of sulfone groups is 1. The number of hydrogen-bond acceptors (Lipinski definition) is 5. The summed E-state index contributed by atoms with van der Waals surface area (Å²) in [6.45, 7) is 2.40. The second-order valence-electron chi connectivity index (χ2n) is 8.95. The molecule has 2 aromatic carbocycles. The van der Waals surface area contributed by atoms with Gasteiger partial charge in [-0.3, -0.25) is 4.79 Å². The van der Waals surface area contributed by atoms with Crippen LogP contribution in [-0.2, 0) is 30.1 Å². The number of piperidine rings is 1. The van der Waals surface area contributed by atoms with Crippen molar-refractivity contribution in [1.82, 2.24) is 4.31 Å². The summed E-state index contributed by atoms with van der Waals surface area (Å²) < 4.78 is 51.1. The zero-order valence-corrected chi connectivity index (χ0v) is 19.7. The number of carbonyl (C=O) groups is 1. The van der Waals surface area contributed by atoms with E-state index in [2.05, 4.69) is 6.07 Å². The number of carboxylic acid groups (broad SMARTS) is 1. The molecule has 2 atom stereocenters. The first-order valence-electron chi connectivity index (χ1n) is 10.6. The fourth-order valence-corrected chi connectivity index (χ4v) is 7.27. The van der Waals surface area contributed by atoms with Gasteiger partial charge in [-0.1, -0.05) is 31.2 Å². The van der Waals surface area contributed by atoms with Crippen LogP contribution in [0.2, 0.25) is 0 Å². The van der Waals surface area contributed by atoms with Crippen LogP contribution in [0.3, 0.4) is 0 Å². The second-order valence-corrected chi connectivity index (χ2v) is 12.9. The van der Waals surface area contributed by atoms with Crippen LogP contribution in [0.15, 0.2) is 58.3 Å². The number of fused-ring (bicyclic) bond motifs is 2. The highest BCUT2D eigenvalue weighted by molar-refractivity contribution is 7.90. The Morgan fingerprint density at radius 3 is 2.12 bits per heavy atom. The third-order valence-electron chi connectivity index (χ3n) is 7.10. The smallest absolute Gasteiger partial charge is 0.306 e. The van der Waals surface area contributed by atoms with Gasteiger partial charge >= 0.3 is 5.97 Å². The normalized spacial score (nSPS) is 21.9. The molecule has 1 fully saturated rings. The molecule has 1 saturated heterocycles. The molecule has 7 nitrogen and oxygen atoms in total. The van der Waals surface area contributed by atoms with Crippen molar-refractivity contribution in [3.63, 3.8) is 0 Å². The van der Waals surface area contributed by atoms with Crippen LogP contribution in [0.1, 0.15) is 43.2 Å². The first kappa shape index (κ1) is 22.9. The molecule has 1 spiro atoms. The van der Waals surface area contributed by atoms with Crippen LogP contribution in [0.25, 0.3) is 0 Å². The highest BCUT2D eigenvalue weighted by atomic mass is 32.2. The van der Waals surface area contributed by atoms with Gasteiger partial charge in [0.1, 0.15) is 0 Å². The van der Waals surface area contributed by atoms with Crippen molar-refractivity contribution < 1.29 is 26.7 Å². The Balaban J connectivity index is 1.57. The molecule has 1 N–H and O–H groups in total. The Morgan fingerprint density at radius 1 is 1.00 bits per heavy atom. The maximum Gasteiger partial charge on any atom is 0.306 e. The van der Waals surface area contributed by atoms with Crippen molar-refractivity contribution >= 4 is 25.8 Å². The fourth-order valence-electron chi connectivity index (χ4n) is 5.20. The molecule has 0 aromatic heterocycles. The summed E-state index contributed by atoms with van der Waals surface area (Å²) in [5.41, 5.74) is 1.99. The summed E-state index contributed by atoms with van der Waals surface area (Å²) in [5, 5.41) is 9.57. The summed E-state index contributed by atoms with van der Waals surface area (Å²) >= 11 is 0. The van der Waals surface area contributed by atoms with E-state index >= 15 is 0 Å². The number of nitrogens with zero attached hydrogens (tertiary/aromatic N) is 1. The SMILES string of the molecule is CC(C(=O)O)C1CC2(CCN(S(=O)(=O)c3ccc(S(C)(=O)=O)cc3)CC2)c2ccccc21. The Hall–Kier alpha value is -2.23. The van der Waals surface area contributed by atoms with E-state index in [1.165, 1.54) is 28.6 Å². The molecule has 1 aliphatic carbocycles. The van der Waals surface area contributed by atoms with Crippen LogP contribution in [-0.4, -0.2) is 51.6 Å². The van der Waals surface area contributed by atoms with Crippen LogP contribution >= 0.6 is 0 Å². The fraction of sp³-hybridized carbons (Fsp3) is 0.435. The molecule has 0 bridgehead atoms. The van der Waals surface area contributed by atoms with E-state index in [1.807, 2.05) is 18.2 Å². The van der Waals surface area contributed by atoms with E-state index in [0.717, 1.165) is 17.4 Å². The number of sulfonamides is 1. The van der Waals surface area contributed by atoms with Crippen LogP contribution in [0.4, 0.5) is 0 Å². The quantitative estimate of drug-likeness (QED) is 0.709. The zero-order chi connectivity index (χ0) is 23.3. The number of hydrogen-bond donors (Lipinski definition) is 1. The molecule has 9 heteroatoms. The number of carboxylic acids is 1. The minimum atomic E-state index is -3.75. The van der Waals surface area contributed by atoms with Gasteiger partial charge in [0.25, 0.3) is 0 Å². The summed E-state index contributed by atoms with van der Waals surface area (Å²) in [4.78, 5) is 11.8. The maximum atomic E-state index is 13.2. The Labute approximate surface area is 189 Å². The second kappa shape index (κ2) is 7.97. The molecule has 2 aliphatic rings. The standard InChI is InChI=1S/C23H27NO6S2/c1-16(22(25)26)20-15-23(21-6-4-3-5-19(20)21)11-13-24(14-12-23)32(29,30)18-9-7-17(8-10-18)31(2,27)28/h3-10,16,20H,11-15H2,1-2H3,(H,25,26). The monoisotopic (exact) mass is 477 g/mol. The lowest BCUT2D eigenvalue weighted by Gasteiger charge is -2.40. The van der Waals surface area contributed by atoms with Gasteiger partial charge in [-0.05, 0) is 66.0 Å². The van der Waals surface area contributed by atoms with Gasteiger partial charge in [0.15, 0.2) is 9.84 Å². The molecule has 0 amide bonds. The Bertz CT molecular complexity index is 1240. The molecule has 2 unspecified atom stereocenters.